The van der Waals surface area contributed by atoms with Crippen LogP contribution >= 0.6 is 0 Å². The van der Waals surface area contributed by atoms with Crippen LogP contribution in [0, 0.1) is 5.92 Å². The second-order valence-electron chi connectivity index (χ2n) is 5.76. The maximum atomic E-state index is 12.6. The van der Waals surface area contributed by atoms with Gasteiger partial charge in [0.25, 0.3) is 0 Å². The number of fused-ring (bicyclic) bond motifs is 2. The summed E-state index contributed by atoms with van der Waals surface area (Å²) in [6, 6.07) is 8.53. The zero-order valence-corrected chi connectivity index (χ0v) is 13.0. The van der Waals surface area contributed by atoms with Crippen LogP contribution in [0.5, 0.6) is 0 Å². The molecule has 1 fully saturated rings. The van der Waals surface area contributed by atoms with E-state index in [1.54, 1.807) is 5.57 Å². The predicted octanol–water partition coefficient (Wildman–Crippen LogP) is 3.29. The molecule has 0 bridgehead atoms. The Kier molecular flexibility index (Phi) is 3.05. The number of rotatable bonds is 1. The first kappa shape index (κ1) is 12.4. The average Bonchev–Trinajstić information content (AvgIpc) is 2.84. The van der Waals surface area contributed by atoms with E-state index in [2.05, 4.69) is 27.9 Å². The molecule has 0 aliphatic heterocycles. The molecule has 1 aromatic carbocycles. The molecule has 102 valence electrons. The minimum atomic E-state index is 0.177. The molecule has 2 atom stereocenters. The van der Waals surface area contributed by atoms with Crippen molar-refractivity contribution in [2.24, 2.45) is 5.92 Å². The van der Waals surface area contributed by atoms with Gasteiger partial charge in [-0.2, -0.15) is 0 Å². The fourth-order valence-corrected chi connectivity index (χ4v) is 5.80. The molecule has 0 saturated heterocycles. The molecule has 1 heterocycles. The second-order valence-corrected chi connectivity index (χ2v) is 7.89. The van der Waals surface area contributed by atoms with Gasteiger partial charge in [-0.3, -0.25) is 0 Å². The van der Waals surface area contributed by atoms with Gasteiger partial charge < -0.3 is 0 Å². The average molecular weight is 330 g/mol. The van der Waals surface area contributed by atoms with Crippen molar-refractivity contribution in [2.75, 3.05) is 0 Å². The Bertz CT molecular complexity index is 765. The summed E-state index contributed by atoms with van der Waals surface area (Å²) in [6.45, 7) is 0. The third-order valence-corrected chi connectivity index (χ3v) is 7.10. The van der Waals surface area contributed by atoms with E-state index in [0.29, 0.717) is 6.04 Å². The third-order valence-electron chi connectivity index (χ3n) is 4.56. The molecule has 0 radical (unpaired) electrons. The number of hydrogen-bond acceptors (Lipinski definition) is 1. The second kappa shape index (κ2) is 4.91. The van der Waals surface area contributed by atoms with E-state index < -0.39 is 0 Å². The van der Waals surface area contributed by atoms with Gasteiger partial charge in [0.2, 0.25) is 0 Å². The van der Waals surface area contributed by atoms with Gasteiger partial charge in [0.15, 0.2) is 0 Å². The summed E-state index contributed by atoms with van der Waals surface area (Å²) in [4.78, 5) is 12.6. The molecule has 2 unspecified atom stereocenters. The number of allylic oxidation sites excluding steroid dienone is 4. The van der Waals surface area contributed by atoms with E-state index in [9.17, 15) is 4.79 Å². The van der Waals surface area contributed by atoms with Gasteiger partial charge in [0.1, 0.15) is 0 Å². The van der Waals surface area contributed by atoms with Crippen molar-refractivity contribution < 1.29 is 0 Å². The Balaban J connectivity index is 1.73. The van der Waals surface area contributed by atoms with E-state index in [-0.39, 0.29) is 20.3 Å². The van der Waals surface area contributed by atoms with Gasteiger partial charge in [-0.25, -0.2) is 0 Å². The monoisotopic (exact) mass is 331 g/mol. The van der Waals surface area contributed by atoms with Crippen molar-refractivity contribution in [2.45, 2.75) is 31.7 Å². The molecule has 2 aliphatic carbocycles. The van der Waals surface area contributed by atoms with E-state index in [1.807, 2.05) is 18.2 Å². The quantitative estimate of drug-likeness (QED) is 0.736. The van der Waals surface area contributed by atoms with E-state index >= 15 is 0 Å². The molecule has 2 nitrogen and oxygen atoms in total. The SMILES string of the molecule is O=c1c2ccccc2[se]n1C1CCC2CC=CC=C2C1. The van der Waals surface area contributed by atoms with Crippen LogP contribution in [-0.2, 0) is 0 Å². The first-order valence-corrected chi connectivity index (χ1v) is 8.91. The van der Waals surface area contributed by atoms with Crippen molar-refractivity contribution in [3.63, 3.8) is 0 Å². The van der Waals surface area contributed by atoms with Crippen LogP contribution in [0.4, 0.5) is 0 Å². The number of aromatic nitrogens is 1. The summed E-state index contributed by atoms with van der Waals surface area (Å²) >= 11 is 0.177. The van der Waals surface area contributed by atoms with Gasteiger partial charge in [-0.15, -0.1) is 0 Å². The molecule has 4 rings (SSSR count). The topological polar surface area (TPSA) is 22.0 Å². The zero-order chi connectivity index (χ0) is 13.5. The van der Waals surface area contributed by atoms with Crippen molar-refractivity contribution in [3.8, 4) is 0 Å². The van der Waals surface area contributed by atoms with Crippen molar-refractivity contribution in [1.82, 2.24) is 3.56 Å². The Labute approximate surface area is 124 Å². The fourth-order valence-electron chi connectivity index (χ4n) is 3.46. The van der Waals surface area contributed by atoms with Gasteiger partial charge >= 0.3 is 124 Å². The number of hydrogen-bond donors (Lipinski definition) is 0. The summed E-state index contributed by atoms with van der Waals surface area (Å²) in [5.74, 6) is 0.740. The van der Waals surface area contributed by atoms with Crippen LogP contribution in [0.3, 0.4) is 0 Å². The fraction of sp³-hybridized carbons (Fsp3) is 0.353. The van der Waals surface area contributed by atoms with E-state index in [4.69, 9.17) is 0 Å². The summed E-state index contributed by atoms with van der Waals surface area (Å²) in [7, 11) is 0. The first-order chi connectivity index (χ1) is 9.83. The molecule has 1 aromatic heterocycles. The van der Waals surface area contributed by atoms with Gasteiger partial charge in [-0.1, -0.05) is 0 Å². The summed E-state index contributed by atoms with van der Waals surface area (Å²) in [6.07, 6.45) is 11.4. The van der Waals surface area contributed by atoms with E-state index in [0.717, 1.165) is 24.1 Å². The predicted molar refractivity (Wildman–Crippen MR) is 83.4 cm³/mol. The van der Waals surface area contributed by atoms with Gasteiger partial charge in [0, 0.05) is 0 Å². The summed E-state index contributed by atoms with van der Waals surface area (Å²) in [5, 5.41) is 0.937. The van der Waals surface area contributed by atoms with Crippen molar-refractivity contribution >= 4 is 24.4 Å². The molecular formula is C17H17NOSe. The normalized spacial score (nSPS) is 25.5. The summed E-state index contributed by atoms with van der Waals surface area (Å²) < 4.78 is 3.41. The maximum absolute atomic E-state index is 12.6. The molecule has 0 amide bonds. The summed E-state index contributed by atoms with van der Waals surface area (Å²) in [5.41, 5.74) is 1.82. The van der Waals surface area contributed by atoms with Crippen LogP contribution in [0.1, 0.15) is 31.7 Å². The Hall–Kier alpha value is -1.31. The van der Waals surface area contributed by atoms with Crippen LogP contribution in [0.15, 0.2) is 52.9 Å². The Morgan fingerprint density at radius 2 is 2.10 bits per heavy atom. The minimum absolute atomic E-state index is 0.177. The van der Waals surface area contributed by atoms with Crippen LogP contribution in [0.2, 0.25) is 0 Å². The molecule has 3 heteroatoms. The molecule has 2 aliphatic rings. The standard InChI is InChI=1S/C17H17NOSe/c19-17-15-7-3-4-8-16(15)20-18(17)14-10-9-12-5-1-2-6-13(12)11-14/h1-4,6-8,12,14H,5,9-11H2. The van der Waals surface area contributed by atoms with Crippen molar-refractivity contribution in [1.29, 1.82) is 0 Å². The molecule has 20 heavy (non-hydrogen) atoms. The van der Waals surface area contributed by atoms with Gasteiger partial charge in [-0.05, 0) is 0 Å². The first-order valence-electron chi connectivity index (χ1n) is 7.29. The molecule has 1 saturated carbocycles. The third kappa shape index (κ3) is 1.97. The van der Waals surface area contributed by atoms with E-state index in [1.165, 1.54) is 17.1 Å². The van der Waals surface area contributed by atoms with Crippen LogP contribution < -0.4 is 5.56 Å². The number of benzene rings is 1. The van der Waals surface area contributed by atoms with Gasteiger partial charge in [0.05, 0.1) is 0 Å². The number of nitrogens with zero attached hydrogens (tertiary/aromatic N) is 1. The molecule has 2 aromatic rings. The molecule has 0 N–H and O–H groups in total. The Morgan fingerprint density at radius 1 is 1.20 bits per heavy atom. The van der Waals surface area contributed by atoms with Crippen LogP contribution in [0.25, 0.3) is 9.65 Å². The molecular weight excluding hydrogens is 313 g/mol. The molecule has 0 spiro atoms. The van der Waals surface area contributed by atoms with Crippen LogP contribution in [-0.4, -0.2) is 18.3 Å². The van der Waals surface area contributed by atoms with Crippen molar-refractivity contribution in [3.05, 3.63) is 58.4 Å². The zero-order valence-electron chi connectivity index (χ0n) is 11.3. The Morgan fingerprint density at radius 3 is 3.00 bits per heavy atom.